The van der Waals surface area contributed by atoms with Gasteiger partial charge in [0.1, 0.15) is 0 Å². The Balaban J connectivity index is 1.87. The van der Waals surface area contributed by atoms with Crippen LogP contribution >= 0.6 is 0 Å². The topological polar surface area (TPSA) is 64.3 Å². The summed E-state index contributed by atoms with van der Waals surface area (Å²) < 4.78 is 4.78. The first-order chi connectivity index (χ1) is 8.70. The van der Waals surface area contributed by atoms with Gasteiger partial charge < -0.3 is 15.8 Å². The standard InChI is InChI=1S/C14H20N2O2/c1-18-14(17)10-6-8-11(9-7-10)16-13-5-3-2-4-12(13)15/h2-5,10-11,16H,6-9,15H2,1H3/t10-,11-. The average Bonchev–Trinajstić information content (AvgIpc) is 2.41. The maximum absolute atomic E-state index is 11.4. The van der Waals surface area contributed by atoms with Crippen molar-refractivity contribution in [1.82, 2.24) is 0 Å². The Morgan fingerprint density at radius 2 is 1.94 bits per heavy atom. The fourth-order valence-corrected chi connectivity index (χ4v) is 2.49. The summed E-state index contributed by atoms with van der Waals surface area (Å²) in [6.45, 7) is 0. The maximum atomic E-state index is 11.4. The molecular formula is C14H20N2O2. The quantitative estimate of drug-likeness (QED) is 0.637. The second-order valence-electron chi connectivity index (χ2n) is 4.80. The fraction of sp³-hybridized carbons (Fsp3) is 0.500. The molecular weight excluding hydrogens is 228 g/mol. The molecule has 1 aliphatic carbocycles. The Kier molecular flexibility index (Phi) is 4.07. The maximum Gasteiger partial charge on any atom is 0.308 e. The number of methoxy groups -OCH3 is 1. The number of nitrogens with one attached hydrogen (secondary N) is 1. The number of nitrogens with two attached hydrogens (primary N) is 1. The van der Waals surface area contributed by atoms with Gasteiger partial charge in [0, 0.05) is 6.04 Å². The van der Waals surface area contributed by atoms with Crippen LogP contribution in [-0.2, 0) is 9.53 Å². The molecule has 0 aromatic heterocycles. The summed E-state index contributed by atoms with van der Waals surface area (Å²) in [6, 6.07) is 8.17. The number of carbonyl (C=O) groups excluding carboxylic acids is 1. The molecule has 1 fully saturated rings. The third-order valence-electron chi connectivity index (χ3n) is 3.58. The van der Waals surface area contributed by atoms with Crippen molar-refractivity contribution >= 4 is 17.3 Å². The largest absolute Gasteiger partial charge is 0.469 e. The highest BCUT2D eigenvalue weighted by Crippen LogP contribution is 2.28. The van der Waals surface area contributed by atoms with Crippen molar-refractivity contribution in [3.8, 4) is 0 Å². The molecule has 2 rings (SSSR count). The molecule has 0 unspecified atom stereocenters. The number of hydrogen-bond acceptors (Lipinski definition) is 4. The third kappa shape index (κ3) is 2.94. The van der Waals surface area contributed by atoms with Gasteiger partial charge in [-0.25, -0.2) is 0 Å². The van der Waals surface area contributed by atoms with Gasteiger partial charge in [0.05, 0.1) is 24.4 Å². The molecule has 3 N–H and O–H groups in total. The predicted molar refractivity (Wildman–Crippen MR) is 72.2 cm³/mol. The lowest BCUT2D eigenvalue weighted by atomic mass is 9.86. The first-order valence-electron chi connectivity index (χ1n) is 6.39. The SMILES string of the molecule is COC(=O)[C@H]1CC[C@H](Nc2ccccc2N)CC1. The second kappa shape index (κ2) is 5.76. The molecule has 1 saturated carbocycles. The van der Waals surface area contributed by atoms with Gasteiger partial charge >= 0.3 is 5.97 Å². The highest BCUT2D eigenvalue weighted by molar-refractivity contribution is 5.72. The third-order valence-corrected chi connectivity index (χ3v) is 3.58. The van der Waals surface area contributed by atoms with Crippen LogP contribution in [0.3, 0.4) is 0 Å². The van der Waals surface area contributed by atoms with E-state index in [9.17, 15) is 4.79 Å². The highest BCUT2D eigenvalue weighted by atomic mass is 16.5. The summed E-state index contributed by atoms with van der Waals surface area (Å²) in [5.41, 5.74) is 7.65. The minimum atomic E-state index is -0.0762. The van der Waals surface area contributed by atoms with Crippen molar-refractivity contribution in [2.75, 3.05) is 18.2 Å². The zero-order valence-corrected chi connectivity index (χ0v) is 10.7. The van der Waals surface area contributed by atoms with Crippen molar-refractivity contribution < 1.29 is 9.53 Å². The molecule has 1 aliphatic rings. The Morgan fingerprint density at radius 3 is 2.56 bits per heavy atom. The predicted octanol–water partition coefficient (Wildman–Crippen LogP) is 2.41. The van der Waals surface area contributed by atoms with E-state index in [-0.39, 0.29) is 11.9 Å². The van der Waals surface area contributed by atoms with E-state index in [0.717, 1.165) is 37.1 Å². The molecule has 18 heavy (non-hydrogen) atoms. The lowest BCUT2D eigenvalue weighted by molar-refractivity contribution is -0.146. The number of rotatable bonds is 3. The van der Waals surface area contributed by atoms with Gasteiger partial charge in [-0.3, -0.25) is 4.79 Å². The van der Waals surface area contributed by atoms with E-state index >= 15 is 0 Å². The molecule has 0 bridgehead atoms. The summed E-state index contributed by atoms with van der Waals surface area (Å²) in [6.07, 6.45) is 3.73. The van der Waals surface area contributed by atoms with Crippen LogP contribution in [0.25, 0.3) is 0 Å². The minimum absolute atomic E-state index is 0.0705. The van der Waals surface area contributed by atoms with E-state index < -0.39 is 0 Å². The lowest BCUT2D eigenvalue weighted by Gasteiger charge is -2.28. The van der Waals surface area contributed by atoms with Crippen molar-refractivity contribution in [3.05, 3.63) is 24.3 Å². The van der Waals surface area contributed by atoms with Crippen molar-refractivity contribution in [1.29, 1.82) is 0 Å². The van der Waals surface area contributed by atoms with Crippen molar-refractivity contribution in [2.24, 2.45) is 5.92 Å². The number of nitrogen functional groups attached to an aromatic ring is 1. The number of para-hydroxylation sites is 2. The fourth-order valence-electron chi connectivity index (χ4n) is 2.49. The van der Waals surface area contributed by atoms with E-state index in [2.05, 4.69) is 5.32 Å². The van der Waals surface area contributed by atoms with Crippen LogP contribution in [0.5, 0.6) is 0 Å². The Morgan fingerprint density at radius 1 is 1.28 bits per heavy atom. The molecule has 0 amide bonds. The van der Waals surface area contributed by atoms with Crippen molar-refractivity contribution in [3.63, 3.8) is 0 Å². The van der Waals surface area contributed by atoms with E-state index in [0.29, 0.717) is 6.04 Å². The average molecular weight is 248 g/mol. The van der Waals surface area contributed by atoms with Gasteiger partial charge in [0.25, 0.3) is 0 Å². The van der Waals surface area contributed by atoms with Gasteiger partial charge in [0.2, 0.25) is 0 Å². The van der Waals surface area contributed by atoms with Crippen LogP contribution in [0.2, 0.25) is 0 Å². The zero-order valence-electron chi connectivity index (χ0n) is 10.7. The van der Waals surface area contributed by atoms with Gasteiger partial charge in [-0.1, -0.05) is 12.1 Å². The number of esters is 1. The normalized spacial score (nSPS) is 23.4. The second-order valence-corrected chi connectivity index (χ2v) is 4.80. The Bertz CT molecular complexity index is 412. The molecule has 0 spiro atoms. The minimum Gasteiger partial charge on any atom is -0.469 e. The van der Waals surface area contributed by atoms with Crippen LogP contribution in [-0.4, -0.2) is 19.1 Å². The van der Waals surface area contributed by atoms with Gasteiger partial charge in [-0.05, 0) is 37.8 Å². The van der Waals surface area contributed by atoms with Crippen molar-refractivity contribution in [2.45, 2.75) is 31.7 Å². The number of carbonyl (C=O) groups is 1. The van der Waals surface area contributed by atoms with Crippen LogP contribution in [0.15, 0.2) is 24.3 Å². The van der Waals surface area contributed by atoms with Crippen LogP contribution < -0.4 is 11.1 Å². The Hall–Kier alpha value is -1.71. The molecule has 0 radical (unpaired) electrons. The highest BCUT2D eigenvalue weighted by Gasteiger charge is 2.26. The number of hydrogen-bond donors (Lipinski definition) is 2. The molecule has 1 aromatic carbocycles. The first kappa shape index (κ1) is 12.7. The molecule has 4 nitrogen and oxygen atoms in total. The molecule has 1 aromatic rings. The molecule has 0 atom stereocenters. The lowest BCUT2D eigenvalue weighted by Crippen LogP contribution is -2.30. The van der Waals surface area contributed by atoms with Gasteiger partial charge in [-0.15, -0.1) is 0 Å². The van der Waals surface area contributed by atoms with E-state index in [1.54, 1.807) is 0 Å². The molecule has 0 heterocycles. The molecule has 4 heteroatoms. The first-order valence-corrected chi connectivity index (χ1v) is 6.39. The molecule has 98 valence electrons. The van der Waals surface area contributed by atoms with E-state index in [1.807, 2.05) is 24.3 Å². The number of anilines is 2. The van der Waals surface area contributed by atoms with E-state index in [4.69, 9.17) is 10.5 Å². The summed E-state index contributed by atoms with van der Waals surface area (Å²) in [4.78, 5) is 11.4. The monoisotopic (exact) mass is 248 g/mol. The molecule has 0 saturated heterocycles. The number of benzene rings is 1. The summed E-state index contributed by atoms with van der Waals surface area (Å²) in [5, 5.41) is 3.45. The summed E-state index contributed by atoms with van der Waals surface area (Å²) in [7, 11) is 1.46. The van der Waals surface area contributed by atoms with Gasteiger partial charge in [0.15, 0.2) is 0 Å². The summed E-state index contributed by atoms with van der Waals surface area (Å²) in [5.74, 6) is -0.00570. The number of ether oxygens (including phenoxy) is 1. The Labute approximate surface area is 108 Å². The van der Waals surface area contributed by atoms with Crippen LogP contribution in [0.1, 0.15) is 25.7 Å². The van der Waals surface area contributed by atoms with Crippen LogP contribution in [0.4, 0.5) is 11.4 Å². The van der Waals surface area contributed by atoms with E-state index in [1.165, 1.54) is 7.11 Å². The van der Waals surface area contributed by atoms with Crippen LogP contribution in [0, 0.1) is 5.92 Å². The zero-order chi connectivity index (χ0) is 13.0. The molecule has 0 aliphatic heterocycles. The summed E-state index contributed by atoms with van der Waals surface area (Å²) >= 11 is 0. The van der Waals surface area contributed by atoms with Gasteiger partial charge in [-0.2, -0.15) is 0 Å². The smallest absolute Gasteiger partial charge is 0.308 e.